The molecule has 0 atom stereocenters. The van der Waals surface area contributed by atoms with Gasteiger partial charge >= 0.3 is 0 Å². The molecule has 1 aliphatic rings. The summed E-state index contributed by atoms with van der Waals surface area (Å²) in [6.07, 6.45) is 1.83. The van der Waals surface area contributed by atoms with E-state index in [1.165, 1.54) is 12.1 Å². The van der Waals surface area contributed by atoms with Crippen LogP contribution < -0.4 is 9.47 Å². The second kappa shape index (κ2) is 9.53. The van der Waals surface area contributed by atoms with E-state index >= 15 is 0 Å². The SMILES string of the molecule is O=C(COc1ccc(Cl)c(F)c1)N1CC(Cn2cc(COc3ccc(Cl)cc3)nn2)C1. The smallest absolute Gasteiger partial charge is 0.260 e. The number of hydrogen-bond acceptors (Lipinski definition) is 5. The minimum absolute atomic E-state index is 0.0112. The van der Waals surface area contributed by atoms with Crippen molar-refractivity contribution in [2.75, 3.05) is 19.7 Å². The van der Waals surface area contributed by atoms with Crippen LogP contribution in [-0.4, -0.2) is 45.5 Å². The first kappa shape index (κ1) is 21.4. The van der Waals surface area contributed by atoms with Gasteiger partial charge in [-0.15, -0.1) is 5.10 Å². The molecule has 0 unspecified atom stereocenters. The number of aromatic nitrogens is 3. The van der Waals surface area contributed by atoms with Crippen LogP contribution in [0.5, 0.6) is 11.5 Å². The van der Waals surface area contributed by atoms with Crippen LogP contribution in [0.1, 0.15) is 5.69 Å². The summed E-state index contributed by atoms with van der Waals surface area (Å²) in [5.41, 5.74) is 0.714. The quantitative estimate of drug-likeness (QED) is 0.506. The minimum Gasteiger partial charge on any atom is -0.487 e. The van der Waals surface area contributed by atoms with E-state index in [0.29, 0.717) is 42.7 Å². The van der Waals surface area contributed by atoms with Crippen LogP contribution in [0.4, 0.5) is 4.39 Å². The fraction of sp³-hybridized carbons (Fsp3) is 0.286. The van der Waals surface area contributed by atoms with Gasteiger partial charge in [-0.3, -0.25) is 9.48 Å². The number of carbonyl (C=O) groups excluding carboxylic acids is 1. The summed E-state index contributed by atoms with van der Waals surface area (Å²) in [7, 11) is 0. The standard InChI is InChI=1S/C21H19Cl2FN4O3/c22-15-1-3-17(4-2-15)30-12-16-11-28(26-25-16)10-14-8-27(9-14)21(29)13-31-18-5-6-19(23)20(24)7-18/h1-7,11,14H,8-10,12-13H2. The number of hydrogen-bond donors (Lipinski definition) is 0. The predicted molar refractivity (Wildman–Crippen MR) is 113 cm³/mol. The second-order valence-corrected chi connectivity index (χ2v) is 8.05. The van der Waals surface area contributed by atoms with Gasteiger partial charge in [0.15, 0.2) is 6.61 Å². The van der Waals surface area contributed by atoms with Gasteiger partial charge in [0.2, 0.25) is 0 Å². The second-order valence-electron chi connectivity index (χ2n) is 7.20. The Morgan fingerprint density at radius 1 is 1.10 bits per heavy atom. The van der Waals surface area contributed by atoms with Crippen LogP contribution in [0, 0.1) is 11.7 Å². The van der Waals surface area contributed by atoms with E-state index < -0.39 is 5.82 Å². The van der Waals surface area contributed by atoms with E-state index in [1.54, 1.807) is 33.8 Å². The van der Waals surface area contributed by atoms with Crippen molar-refractivity contribution < 1.29 is 18.7 Å². The Balaban J connectivity index is 1.18. The number of benzene rings is 2. The Morgan fingerprint density at radius 2 is 1.84 bits per heavy atom. The highest BCUT2D eigenvalue weighted by Crippen LogP contribution is 2.22. The molecule has 10 heteroatoms. The van der Waals surface area contributed by atoms with E-state index in [-0.39, 0.29) is 29.2 Å². The lowest BCUT2D eigenvalue weighted by atomic mass is 10.0. The maximum atomic E-state index is 13.4. The van der Waals surface area contributed by atoms with E-state index in [9.17, 15) is 9.18 Å². The molecule has 162 valence electrons. The lowest BCUT2D eigenvalue weighted by Gasteiger charge is -2.39. The summed E-state index contributed by atoms with van der Waals surface area (Å²) < 4.78 is 26.2. The molecule has 0 saturated carbocycles. The van der Waals surface area contributed by atoms with Gasteiger partial charge < -0.3 is 14.4 Å². The van der Waals surface area contributed by atoms with Gasteiger partial charge in [0.25, 0.3) is 5.91 Å². The molecule has 4 rings (SSSR count). The first-order chi connectivity index (χ1) is 15.0. The van der Waals surface area contributed by atoms with Crippen molar-refractivity contribution in [2.45, 2.75) is 13.2 Å². The molecule has 1 saturated heterocycles. The summed E-state index contributed by atoms with van der Waals surface area (Å²) in [6.45, 7) is 2.02. The highest BCUT2D eigenvalue weighted by Gasteiger charge is 2.31. The van der Waals surface area contributed by atoms with Crippen molar-refractivity contribution in [3.63, 3.8) is 0 Å². The molecular formula is C21H19Cl2FN4O3. The van der Waals surface area contributed by atoms with E-state index in [2.05, 4.69) is 10.3 Å². The van der Waals surface area contributed by atoms with E-state index in [0.717, 1.165) is 6.07 Å². The zero-order valence-corrected chi connectivity index (χ0v) is 17.9. The zero-order valence-electron chi connectivity index (χ0n) is 16.4. The molecule has 0 bridgehead atoms. The Hall–Kier alpha value is -2.84. The molecule has 2 aromatic carbocycles. The van der Waals surface area contributed by atoms with Crippen LogP contribution in [0.15, 0.2) is 48.7 Å². The van der Waals surface area contributed by atoms with Crippen molar-refractivity contribution >= 4 is 29.1 Å². The Morgan fingerprint density at radius 3 is 2.58 bits per heavy atom. The first-order valence-corrected chi connectivity index (χ1v) is 10.3. The first-order valence-electron chi connectivity index (χ1n) is 9.59. The maximum absolute atomic E-state index is 13.4. The lowest BCUT2D eigenvalue weighted by molar-refractivity contribution is -0.140. The van der Waals surface area contributed by atoms with E-state index in [4.69, 9.17) is 32.7 Å². The van der Waals surface area contributed by atoms with Crippen molar-refractivity contribution in [1.82, 2.24) is 19.9 Å². The molecule has 1 aromatic heterocycles. The van der Waals surface area contributed by atoms with E-state index in [1.807, 2.05) is 6.20 Å². The maximum Gasteiger partial charge on any atom is 0.260 e. The van der Waals surface area contributed by atoms with Crippen LogP contribution >= 0.6 is 23.2 Å². The molecule has 7 nitrogen and oxygen atoms in total. The van der Waals surface area contributed by atoms with Crippen LogP contribution in [-0.2, 0) is 17.9 Å². The summed E-state index contributed by atoms with van der Waals surface area (Å²) in [4.78, 5) is 13.9. The van der Waals surface area contributed by atoms with Gasteiger partial charge in [-0.25, -0.2) is 4.39 Å². The molecule has 0 aliphatic carbocycles. The number of nitrogens with zero attached hydrogens (tertiary/aromatic N) is 4. The normalized spacial score (nSPS) is 13.7. The fourth-order valence-electron chi connectivity index (χ4n) is 3.14. The number of halogens is 3. The number of amides is 1. The molecule has 0 N–H and O–H groups in total. The molecule has 1 amide bonds. The third-order valence-electron chi connectivity index (χ3n) is 4.79. The van der Waals surface area contributed by atoms with Gasteiger partial charge in [-0.1, -0.05) is 28.4 Å². The molecule has 1 fully saturated rings. The Labute approximate surface area is 188 Å². The van der Waals surface area contributed by atoms with Crippen LogP contribution in [0.3, 0.4) is 0 Å². The average Bonchev–Trinajstić information content (AvgIpc) is 3.18. The molecule has 31 heavy (non-hydrogen) atoms. The van der Waals surface area contributed by atoms with Crippen LogP contribution in [0.25, 0.3) is 0 Å². The Kier molecular flexibility index (Phi) is 6.58. The number of carbonyl (C=O) groups is 1. The minimum atomic E-state index is -0.582. The van der Waals surface area contributed by atoms with Gasteiger partial charge in [-0.05, 0) is 36.4 Å². The average molecular weight is 465 g/mol. The summed E-state index contributed by atoms with van der Waals surface area (Å²) in [6, 6.07) is 11.2. The number of likely N-dealkylation sites (tertiary alicyclic amines) is 1. The monoisotopic (exact) mass is 464 g/mol. The molecule has 3 aromatic rings. The zero-order chi connectivity index (χ0) is 21.8. The number of ether oxygens (including phenoxy) is 2. The Bertz CT molecular complexity index is 1060. The summed E-state index contributed by atoms with van der Waals surface area (Å²) in [5, 5.41) is 8.89. The largest absolute Gasteiger partial charge is 0.487 e. The highest BCUT2D eigenvalue weighted by molar-refractivity contribution is 6.30. The van der Waals surface area contributed by atoms with Gasteiger partial charge in [0.1, 0.15) is 29.6 Å². The lowest BCUT2D eigenvalue weighted by Crippen LogP contribution is -2.52. The van der Waals surface area contributed by atoms with Crippen molar-refractivity contribution in [3.05, 3.63) is 70.2 Å². The van der Waals surface area contributed by atoms with Gasteiger partial charge in [0, 0.05) is 36.6 Å². The van der Waals surface area contributed by atoms with Crippen molar-refractivity contribution in [2.24, 2.45) is 5.92 Å². The molecule has 1 aliphatic heterocycles. The van der Waals surface area contributed by atoms with Crippen LogP contribution in [0.2, 0.25) is 10.0 Å². The molecule has 2 heterocycles. The highest BCUT2D eigenvalue weighted by atomic mass is 35.5. The third kappa shape index (κ3) is 5.65. The predicted octanol–water partition coefficient (Wildman–Crippen LogP) is 3.84. The van der Waals surface area contributed by atoms with Gasteiger partial charge in [0.05, 0.1) is 11.2 Å². The van der Waals surface area contributed by atoms with Crippen molar-refractivity contribution in [1.29, 1.82) is 0 Å². The summed E-state index contributed by atoms with van der Waals surface area (Å²) >= 11 is 11.5. The fourth-order valence-corrected chi connectivity index (χ4v) is 3.38. The third-order valence-corrected chi connectivity index (χ3v) is 5.35. The molecule has 0 radical (unpaired) electrons. The van der Waals surface area contributed by atoms with Gasteiger partial charge in [-0.2, -0.15) is 0 Å². The summed E-state index contributed by atoms with van der Waals surface area (Å²) in [5.74, 6) is 0.520. The van der Waals surface area contributed by atoms with Crippen molar-refractivity contribution in [3.8, 4) is 11.5 Å². The molecular weight excluding hydrogens is 446 g/mol. The number of rotatable bonds is 8. The topological polar surface area (TPSA) is 69.5 Å². The molecule has 0 spiro atoms.